The second-order valence-electron chi connectivity index (χ2n) is 5.91. The highest BCUT2D eigenvalue weighted by atomic mass is 19.1. The Morgan fingerprint density at radius 2 is 2.14 bits per heavy atom. The van der Waals surface area contributed by atoms with Gasteiger partial charge in [-0.3, -0.25) is 9.58 Å². The van der Waals surface area contributed by atoms with Crippen LogP contribution >= 0.6 is 0 Å². The monoisotopic (exact) mass is 303 g/mol. The van der Waals surface area contributed by atoms with Crippen molar-refractivity contribution in [3.63, 3.8) is 0 Å². The Balaban J connectivity index is 1.67. The van der Waals surface area contributed by atoms with Gasteiger partial charge in [-0.15, -0.1) is 0 Å². The van der Waals surface area contributed by atoms with Crippen molar-refractivity contribution in [3.8, 4) is 0 Å². The van der Waals surface area contributed by atoms with E-state index in [9.17, 15) is 9.50 Å². The zero-order chi connectivity index (χ0) is 15.4. The molecule has 118 valence electrons. The van der Waals surface area contributed by atoms with Gasteiger partial charge in [0.2, 0.25) is 0 Å². The summed E-state index contributed by atoms with van der Waals surface area (Å²) in [6, 6.07) is 8.73. The number of likely N-dealkylation sites (tertiary alicyclic amines) is 1. The van der Waals surface area contributed by atoms with Crippen molar-refractivity contribution in [3.05, 3.63) is 54.1 Å². The van der Waals surface area contributed by atoms with Crippen molar-refractivity contribution in [1.82, 2.24) is 14.7 Å². The van der Waals surface area contributed by atoms with Crippen LogP contribution in [0.15, 0.2) is 42.7 Å². The molecule has 2 aromatic rings. The molecule has 1 aliphatic rings. The Bertz CT molecular complexity index is 587. The highest BCUT2D eigenvalue weighted by Crippen LogP contribution is 2.23. The van der Waals surface area contributed by atoms with Gasteiger partial charge in [-0.1, -0.05) is 24.6 Å². The summed E-state index contributed by atoms with van der Waals surface area (Å²) in [6.45, 7) is 2.22. The molecule has 1 aromatic carbocycles. The van der Waals surface area contributed by atoms with Crippen LogP contribution in [0.25, 0.3) is 0 Å². The lowest BCUT2D eigenvalue weighted by atomic mass is 10.00. The van der Waals surface area contributed by atoms with E-state index in [4.69, 9.17) is 0 Å². The first kappa shape index (κ1) is 15.2. The highest BCUT2D eigenvalue weighted by Gasteiger charge is 2.26. The van der Waals surface area contributed by atoms with E-state index in [1.165, 1.54) is 12.5 Å². The topological polar surface area (TPSA) is 41.3 Å². The van der Waals surface area contributed by atoms with E-state index in [1.807, 2.05) is 16.9 Å². The van der Waals surface area contributed by atoms with Crippen molar-refractivity contribution in [1.29, 1.82) is 0 Å². The Kier molecular flexibility index (Phi) is 4.85. The molecule has 3 rings (SSSR count). The number of β-amino-alcohol motifs (C(OH)–C–C–N with tert-alkyl or cyclic N) is 1. The summed E-state index contributed by atoms with van der Waals surface area (Å²) in [6.07, 6.45) is 6.35. The molecule has 0 bridgehead atoms. The van der Waals surface area contributed by atoms with E-state index in [0.29, 0.717) is 18.2 Å². The van der Waals surface area contributed by atoms with Crippen molar-refractivity contribution in [2.24, 2.45) is 0 Å². The van der Waals surface area contributed by atoms with Gasteiger partial charge in [0.25, 0.3) is 0 Å². The molecule has 0 spiro atoms. The molecule has 2 heterocycles. The summed E-state index contributed by atoms with van der Waals surface area (Å²) < 4.78 is 15.7. The van der Waals surface area contributed by atoms with E-state index < -0.39 is 6.10 Å². The smallest absolute Gasteiger partial charge is 0.129 e. The highest BCUT2D eigenvalue weighted by molar-refractivity contribution is 5.20. The fourth-order valence-electron chi connectivity index (χ4n) is 3.20. The Hall–Kier alpha value is -1.72. The molecule has 0 amide bonds. The molecular formula is C17H22FN3O. The molecule has 1 fully saturated rings. The summed E-state index contributed by atoms with van der Waals surface area (Å²) in [5.41, 5.74) is 0.380. The average Bonchev–Trinajstić information content (AvgIpc) is 3.02. The van der Waals surface area contributed by atoms with Gasteiger partial charge in [-0.2, -0.15) is 5.10 Å². The molecule has 1 aromatic heterocycles. The molecule has 1 aliphatic heterocycles. The SMILES string of the molecule is O[C@@H](CN1CCCC[C@H]1Cn1cccn1)c1ccccc1F. The van der Waals surface area contributed by atoms with Gasteiger partial charge >= 0.3 is 0 Å². The van der Waals surface area contributed by atoms with Crippen molar-refractivity contribution >= 4 is 0 Å². The van der Waals surface area contributed by atoms with E-state index in [0.717, 1.165) is 25.9 Å². The molecule has 1 N–H and O–H groups in total. The van der Waals surface area contributed by atoms with Crippen LogP contribution in [0.5, 0.6) is 0 Å². The average molecular weight is 303 g/mol. The quantitative estimate of drug-likeness (QED) is 0.923. The molecule has 0 radical (unpaired) electrons. The van der Waals surface area contributed by atoms with Gasteiger partial charge in [0.05, 0.1) is 12.6 Å². The van der Waals surface area contributed by atoms with Crippen molar-refractivity contribution in [2.75, 3.05) is 13.1 Å². The van der Waals surface area contributed by atoms with Gasteiger partial charge in [0, 0.05) is 30.5 Å². The molecule has 5 heteroatoms. The number of halogens is 1. The van der Waals surface area contributed by atoms with Crippen LogP contribution in [0.2, 0.25) is 0 Å². The number of rotatable bonds is 5. The lowest BCUT2D eigenvalue weighted by Gasteiger charge is -2.37. The van der Waals surface area contributed by atoms with E-state index in [1.54, 1.807) is 24.4 Å². The van der Waals surface area contributed by atoms with Crippen LogP contribution in [-0.2, 0) is 6.54 Å². The maximum atomic E-state index is 13.8. The molecule has 0 aliphatic carbocycles. The lowest BCUT2D eigenvalue weighted by Crippen LogP contribution is -2.44. The first-order valence-electron chi connectivity index (χ1n) is 7.88. The summed E-state index contributed by atoms with van der Waals surface area (Å²) in [7, 11) is 0. The van der Waals surface area contributed by atoms with Gasteiger partial charge in [0.1, 0.15) is 5.82 Å². The van der Waals surface area contributed by atoms with Gasteiger partial charge in [0.15, 0.2) is 0 Å². The summed E-state index contributed by atoms with van der Waals surface area (Å²) in [5.74, 6) is -0.337. The van der Waals surface area contributed by atoms with E-state index >= 15 is 0 Å². The van der Waals surface area contributed by atoms with Gasteiger partial charge in [-0.25, -0.2) is 4.39 Å². The van der Waals surface area contributed by atoms with Crippen LogP contribution in [0.3, 0.4) is 0 Å². The molecule has 0 saturated carbocycles. The number of aliphatic hydroxyl groups excluding tert-OH is 1. The first-order valence-corrected chi connectivity index (χ1v) is 7.88. The first-order chi connectivity index (χ1) is 10.7. The second-order valence-corrected chi connectivity index (χ2v) is 5.91. The third-order valence-corrected chi connectivity index (χ3v) is 4.38. The number of hydrogen-bond donors (Lipinski definition) is 1. The van der Waals surface area contributed by atoms with Gasteiger partial charge in [-0.05, 0) is 31.5 Å². The second kappa shape index (κ2) is 7.03. The van der Waals surface area contributed by atoms with E-state index in [2.05, 4.69) is 10.00 Å². The zero-order valence-electron chi connectivity index (χ0n) is 12.6. The predicted molar refractivity (Wildman–Crippen MR) is 82.8 cm³/mol. The number of piperidine rings is 1. The van der Waals surface area contributed by atoms with Crippen LogP contribution in [0.1, 0.15) is 30.9 Å². The van der Waals surface area contributed by atoms with Crippen LogP contribution < -0.4 is 0 Å². The fraction of sp³-hybridized carbons (Fsp3) is 0.471. The normalized spacial score (nSPS) is 20.9. The standard InChI is InChI=1S/C17H22FN3O/c18-16-8-2-1-7-15(16)17(22)13-20-10-4-3-6-14(20)12-21-11-5-9-19-21/h1-2,5,7-9,11,14,17,22H,3-4,6,10,12-13H2/t14-,17-/m0/s1. The minimum Gasteiger partial charge on any atom is -0.387 e. The molecule has 0 unspecified atom stereocenters. The Morgan fingerprint density at radius 1 is 1.27 bits per heavy atom. The maximum Gasteiger partial charge on any atom is 0.129 e. The molecule has 2 atom stereocenters. The maximum absolute atomic E-state index is 13.8. The Labute approximate surface area is 130 Å². The molecule has 4 nitrogen and oxygen atoms in total. The minimum absolute atomic E-state index is 0.337. The minimum atomic E-state index is -0.792. The number of aromatic nitrogens is 2. The zero-order valence-corrected chi connectivity index (χ0v) is 12.6. The number of aliphatic hydroxyl groups is 1. The summed E-state index contributed by atoms with van der Waals surface area (Å²) >= 11 is 0. The summed E-state index contributed by atoms with van der Waals surface area (Å²) in [4.78, 5) is 2.27. The Morgan fingerprint density at radius 3 is 2.91 bits per heavy atom. The number of benzene rings is 1. The fourth-order valence-corrected chi connectivity index (χ4v) is 3.20. The molecule has 22 heavy (non-hydrogen) atoms. The van der Waals surface area contributed by atoms with Gasteiger partial charge < -0.3 is 5.11 Å². The van der Waals surface area contributed by atoms with Crippen LogP contribution in [-0.4, -0.2) is 38.9 Å². The lowest BCUT2D eigenvalue weighted by molar-refractivity contribution is 0.0575. The third kappa shape index (κ3) is 3.54. The number of nitrogens with zero attached hydrogens (tertiary/aromatic N) is 3. The predicted octanol–water partition coefficient (Wildman–Crippen LogP) is 2.61. The number of hydrogen-bond acceptors (Lipinski definition) is 3. The molecule has 1 saturated heterocycles. The van der Waals surface area contributed by atoms with E-state index in [-0.39, 0.29) is 5.82 Å². The molecular weight excluding hydrogens is 281 g/mol. The summed E-state index contributed by atoms with van der Waals surface area (Å²) in [5, 5.41) is 14.7. The van der Waals surface area contributed by atoms with Crippen LogP contribution in [0, 0.1) is 5.82 Å². The van der Waals surface area contributed by atoms with Crippen molar-refractivity contribution in [2.45, 2.75) is 38.0 Å². The third-order valence-electron chi connectivity index (χ3n) is 4.38. The van der Waals surface area contributed by atoms with Crippen molar-refractivity contribution < 1.29 is 9.50 Å². The largest absolute Gasteiger partial charge is 0.387 e. The van der Waals surface area contributed by atoms with Crippen LogP contribution in [0.4, 0.5) is 4.39 Å².